The lowest BCUT2D eigenvalue weighted by molar-refractivity contribution is -0.149. The smallest absolute Gasteiger partial charge is 0.305 e. The number of carbonyl (C=O) groups is 17. The topological polar surface area (TPSA) is 579 Å². The molecule has 19 N–H and O–H groups in total. The number of nitrogens with one attached hydrogen (secondary N) is 11. The van der Waals surface area contributed by atoms with Gasteiger partial charge in [-0.25, -0.2) is 0 Å². The van der Waals surface area contributed by atoms with E-state index in [0.717, 1.165) is 36.3 Å². The summed E-state index contributed by atoms with van der Waals surface area (Å²) in [6.07, 6.45) is 0.948. The van der Waals surface area contributed by atoms with E-state index in [2.05, 4.69) is 57.8 Å². The maximum absolute atomic E-state index is 15.6. The number of benzene rings is 3. The first kappa shape index (κ1) is 100. The lowest BCUT2D eigenvalue weighted by atomic mass is 9.90. The Labute approximate surface area is 740 Å². The summed E-state index contributed by atoms with van der Waals surface area (Å²) in [6, 6.07) is 0.0416. The highest BCUT2D eigenvalue weighted by molar-refractivity contribution is 8.00. The number of hydrogen-bond donors (Lipinski definition) is 17. The fourth-order valence-electron chi connectivity index (χ4n) is 16.0. The van der Waals surface area contributed by atoms with Gasteiger partial charge < -0.3 is 114 Å². The normalized spacial score (nSPS) is 25.7. The Bertz CT molecular complexity index is 4770. The highest BCUT2D eigenvalue weighted by atomic mass is 32.2. The van der Waals surface area contributed by atoms with Crippen LogP contribution in [0.5, 0.6) is 5.75 Å². The van der Waals surface area contributed by atoms with Crippen LogP contribution in [0.2, 0.25) is 0 Å². The van der Waals surface area contributed by atoms with E-state index in [0.29, 0.717) is 64.2 Å². The quantitative estimate of drug-likeness (QED) is 0.0391. The molecule has 8 rings (SSSR count). The molecule has 2 aromatic heterocycles. The number of aromatic amines is 2. The lowest BCUT2D eigenvalue weighted by Crippen LogP contribution is -2.60. The van der Waals surface area contributed by atoms with E-state index in [9.17, 15) is 73.2 Å². The van der Waals surface area contributed by atoms with Gasteiger partial charge in [-0.1, -0.05) is 102 Å². The van der Waals surface area contributed by atoms with Crippen molar-refractivity contribution in [1.82, 2.24) is 82.3 Å². The molecule has 0 unspecified atom stereocenters. The van der Waals surface area contributed by atoms with Crippen molar-refractivity contribution in [3.63, 3.8) is 0 Å². The summed E-state index contributed by atoms with van der Waals surface area (Å²) in [7, 11) is 3.91. The van der Waals surface area contributed by atoms with Crippen molar-refractivity contribution >= 4 is 134 Å². The standard InChI is InChI=1S/C87H122N18O21S/c1-10-12-23-67-81(120)93-48(5)75(114)100-66(78(117)92-42-72(89)110)45-127-46-73(111)94-62(34-50-26-28-54(107)29-27-50)83(122)101(7)49(6)76(115)96-64(39-74(112)113)85(124)104-32-18-25-68(104)82(121)95-60(30-31-88)79(118)97-61(33-47(3)4)86(125)105-43-55(108)38-70(105)71(109)37-51(35-52-40-90-58-21-16-14-19-56(52)58)77(116)99-65(44-106)80(119)98-63(36-53-41-91-59-22-17-15-20-57(53)59)84(123)103(9)69(24-13-11-2)87(126)102(67)8/h14-17,19-22,26-29,40-41,47-49,51,55,60-70,90-91,106-108H,10-13,18,23-25,30-39,42-46,88H2,1-9H3,(H2,89,110)(H,92,117)(H,93,120)(H,94,111)(H,95,121)(H,96,115)(H,97,118)(H,98,119)(H,99,116)(H,100,114)(H,112,113)/t48-,49-,51+,55+,60-,61-,62-,63-,64-,65-,66-,67-,68-,69-,70-/m0/s1. The molecule has 0 aliphatic carbocycles. The average molecular weight is 1790 g/mol. The number of ketones is 1. The number of H-pyrrole nitrogens is 2. The first-order valence-electron chi connectivity index (χ1n) is 43.0. The van der Waals surface area contributed by atoms with Gasteiger partial charge in [0.2, 0.25) is 88.6 Å². The molecule has 0 bridgehead atoms. The fraction of sp³-hybridized carbons (Fsp3) is 0.552. The number of hydrogen-bond acceptors (Lipinski definition) is 22. The van der Waals surface area contributed by atoms with Gasteiger partial charge in [0.25, 0.3) is 0 Å². The van der Waals surface area contributed by atoms with Crippen molar-refractivity contribution in [3.05, 3.63) is 102 Å². The summed E-state index contributed by atoms with van der Waals surface area (Å²) in [6.45, 7) is 7.21. The number of nitrogens with two attached hydrogens (primary N) is 2. The summed E-state index contributed by atoms with van der Waals surface area (Å²) in [5.74, 6) is -18.8. The number of carboxylic acids is 1. The van der Waals surface area contributed by atoms with E-state index < -0.39 is 235 Å². The number of rotatable bonds is 22. The van der Waals surface area contributed by atoms with Gasteiger partial charge in [-0.3, -0.25) is 81.5 Å². The number of amides is 15. The van der Waals surface area contributed by atoms with Crippen LogP contribution in [0.15, 0.2) is 85.2 Å². The highest BCUT2D eigenvalue weighted by Gasteiger charge is 2.47. The first-order chi connectivity index (χ1) is 60.4. The number of aliphatic hydroxyl groups is 2. The number of phenolic OH excluding ortho intramolecular Hbond substituents is 1. The maximum Gasteiger partial charge on any atom is 0.305 e. The number of carboxylic acid groups (broad SMARTS) is 1. The molecule has 692 valence electrons. The van der Waals surface area contributed by atoms with Crippen molar-refractivity contribution in [3.8, 4) is 5.75 Å². The number of para-hydroxylation sites is 2. The minimum atomic E-state index is -1.88. The third-order valence-electron chi connectivity index (χ3n) is 23.2. The Morgan fingerprint density at radius 2 is 1.14 bits per heavy atom. The molecule has 0 radical (unpaired) electrons. The summed E-state index contributed by atoms with van der Waals surface area (Å²) in [5, 5.41) is 67.5. The minimum Gasteiger partial charge on any atom is -0.508 e. The van der Waals surface area contributed by atoms with Crippen LogP contribution >= 0.6 is 11.8 Å². The summed E-state index contributed by atoms with van der Waals surface area (Å²) in [4.78, 5) is 258. The van der Waals surface area contributed by atoms with E-state index in [1.165, 1.54) is 59.3 Å². The number of thioether (sulfide) groups is 1. The number of phenols is 1. The molecule has 3 aliphatic rings. The van der Waals surface area contributed by atoms with Gasteiger partial charge in [0, 0.05) is 106 Å². The molecule has 5 aromatic rings. The number of likely N-dealkylation sites (N-methyl/N-ethyl adjacent to an activating group) is 3. The first-order valence-corrected chi connectivity index (χ1v) is 44.1. The minimum absolute atomic E-state index is 0.0227. The number of aliphatic hydroxyl groups excluding tert-OH is 2. The molecular formula is C87H122N18O21S. The Morgan fingerprint density at radius 1 is 0.583 bits per heavy atom. The molecule has 3 aliphatic heterocycles. The Balaban J connectivity index is 1.16. The van der Waals surface area contributed by atoms with Gasteiger partial charge >= 0.3 is 5.97 Å². The van der Waals surface area contributed by atoms with Crippen molar-refractivity contribution < 1.29 is 102 Å². The van der Waals surface area contributed by atoms with E-state index in [1.54, 1.807) is 74.8 Å². The summed E-state index contributed by atoms with van der Waals surface area (Å²) >= 11 is 0.775. The fourth-order valence-corrected chi connectivity index (χ4v) is 16.8. The number of carbonyl (C=O) groups excluding carboxylic acids is 16. The third-order valence-corrected chi connectivity index (χ3v) is 24.2. The second-order valence-electron chi connectivity index (χ2n) is 33.2. The molecule has 3 aromatic carbocycles. The maximum atomic E-state index is 15.6. The van der Waals surface area contributed by atoms with E-state index in [1.807, 2.05) is 13.8 Å². The van der Waals surface area contributed by atoms with Gasteiger partial charge in [0.05, 0.1) is 37.5 Å². The van der Waals surface area contributed by atoms with Crippen LogP contribution in [0.4, 0.5) is 0 Å². The molecule has 40 heteroatoms. The number of aromatic hydroxyl groups is 1. The number of nitrogens with zero attached hydrogens (tertiary/aromatic N) is 5. The SMILES string of the molecule is CCCC[C@H]1C(=O)N(C)[C@@H](CCCC)C(=O)N[C@@H](C)C(=O)N[C@H](C(=O)NCC(N)=O)CSCC(=O)N[C@@H](Cc2ccc(O)cc2)C(=O)N(C)[C@@H](C)C(=O)N[C@@H](CC(=O)O)C(=O)N2CCC[C@H]2C(=O)N[C@@H](CCN)C(=O)N[C@@H](CC(C)C)C(=O)N2C[C@H](O)C[C@H]2C(=O)C[C@@H](Cc2c[nH]c3ccccc23)C(=O)N[C@@H](CO)C(=O)N[C@@H](Cc2c[nH]c3ccccc23)C(=O)N1C. The van der Waals surface area contributed by atoms with Crippen LogP contribution in [0, 0.1) is 11.8 Å². The van der Waals surface area contributed by atoms with Gasteiger partial charge in [-0.2, -0.15) is 0 Å². The molecule has 3 saturated heterocycles. The second kappa shape index (κ2) is 47.5. The molecule has 39 nitrogen and oxygen atoms in total. The Morgan fingerprint density at radius 3 is 1.75 bits per heavy atom. The van der Waals surface area contributed by atoms with E-state index in [4.69, 9.17) is 11.5 Å². The van der Waals surface area contributed by atoms with Gasteiger partial charge in [0.1, 0.15) is 78.3 Å². The monoisotopic (exact) mass is 1790 g/mol. The molecule has 0 spiro atoms. The average Bonchev–Trinajstić information content (AvgIpc) is 1.76. The molecule has 3 fully saturated rings. The number of unbranched alkanes of at least 4 members (excludes halogenated alkanes) is 2. The largest absolute Gasteiger partial charge is 0.508 e. The van der Waals surface area contributed by atoms with E-state index in [-0.39, 0.29) is 89.0 Å². The zero-order valence-corrected chi connectivity index (χ0v) is 73.9. The number of fused-ring (bicyclic) bond motifs is 4. The Kier molecular flexibility index (Phi) is 37.5. The van der Waals surface area contributed by atoms with Crippen molar-refractivity contribution in [2.75, 3.05) is 65.4 Å². The molecular weight excluding hydrogens is 1670 g/mol. The molecule has 127 heavy (non-hydrogen) atoms. The van der Waals surface area contributed by atoms with Crippen LogP contribution in [-0.2, 0) is 101 Å². The van der Waals surface area contributed by atoms with Gasteiger partial charge in [-0.05, 0) is 112 Å². The number of aliphatic carboxylic acids is 1. The van der Waals surface area contributed by atoms with E-state index >= 15 is 28.8 Å². The third kappa shape index (κ3) is 27.5. The molecule has 0 saturated carbocycles. The van der Waals surface area contributed by atoms with Crippen LogP contribution in [-0.4, -0.2) is 305 Å². The highest BCUT2D eigenvalue weighted by Crippen LogP contribution is 2.30. The number of primary amides is 1. The zero-order valence-electron chi connectivity index (χ0n) is 73.1. The second-order valence-corrected chi connectivity index (χ2v) is 34.2. The van der Waals surface area contributed by atoms with Gasteiger partial charge in [0.15, 0.2) is 5.78 Å². The molecule has 15 amide bonds. The number of Topliss-reactive ketones (excluding diaryl/α,β-unsaturated/α-hetero) is 1. The predicted molar refractivity (Wildman–Crippen MR) is 467 cm³/mol. The van der Waals surface area contributed by atoms with Gasteiger partial charge in [-0.15, -0.1) is 11.8 Å². The predicted octanol–water partition coefficient (Wildman–Crippen LogP) is -1.10. The number of aromatic nitrogens is 2. The van der Waals surface area contributed by atoms with Crippen molar-refractivity contribution in [2.24, 2.45) is 23.3 Å². The van der Waals surface area contributed by atoms with Crippen molar-refractivity contribution in [2.45, 2.75) is 229 Å². The molecule has 15 atom stereocenters. The van der Waals surface area contributed by atoms with Crippen LogP contribution in [0.1, 0.15) is 142 Å². The van der Waals surface area contributed by atoms with Crippen LogP contribution < -0.4 is 59.3 Å². The zero-order chi connectivity index (χ0) is 93.2. The summed E-state index contributed by atoms with van der Waals surface area (Å²) in [5.41, 5.74) is 14.2. The Hall–Kier alpha value is -12.0. The molecule has 5 heterocycles. The van der Waals surface area contributed by atoms with Crippen LogP contribution in [0.3, 0.4) is 0 Å². The van der Waals surface area contributed by atoms with Crippen LogP contribution in [0.25, 0.3) is 21.8 Å². The lowest BCUT2D eigenvalue weighted by Gasteiger charge is -2.36. The summed E-state index contributed by atoms with van der Waals surface area (Å²) < 4.78 is 0. The van der Waals surface area contributed by atoms with Crippen molar-refractivity contribution in [1.29, 1.82) is 0 Å².